The Kier molecular flexibility index (Phi) is 5.02. The lowest BCUT2D eigenvalue weighted by Crippen LogP contribution is -2.45. The van der Waals surface area contributed by atoms with E-state index in [1.165, 1.54) is 0 Å². The highest BCUT2D eigenvalue weighted by Gasteiger charge is 2.35. The third-order valence-electron chi connectivity index (χ3n) is 5.26. The summed E-state index contributed by atoms with van der Waals surface area (Å²) in [6.07, 6.45) is 2.97. The van der Waals surface area contributed by atoms with Gasteiger partial charge in [-0.15, -0.1) is 0 Å². The van der Waals surface area contributed by atoms with Crippen molar-refractivity contribution >= 4 is 21.4 Å². The zero-order valence-electron chi connectivity index (χ0n) is 13.2. The number of hydrogen-bond donors (Lipinski definition) is 1. The molecule has 0 radical (unpaired) electrons. The monoisotopic (exact) mass is 357 g/mol. The molecule has 0 spiro atoms. The van der Waals surface area contributed by atoms with E-state index in [0.29, 0.717) is 35.3 Å². The third kappa shape index (κ3) is 4.27. The van der Waals surface area contributed by atoms with E-state index >= 15 is 0 Å². The molecule has 0 unspecified atom stereocenters. The standard InChI is InChI=1S/C17H24ClNO3S/c18-16-3-1-15(2-4-16)17(20)7-9-19(10-8-17)13-14-5-11-23(21,22)12-6-14/h1-4,14,20H,5-13H2. The quantitative estimate of drug-likeness (QED) is 0.902. The van der Waals surface area contributed by atoms with E-state index in [2.05, 4.69) is 4.90 Å². The van der Waals surface area contributed by atoms with Crippen molar-refractivity contribution in [1.29, 1.82) is 0 Å². The second kappa shape index (κ2) is 6.71. The van der Waals surface area contributed by atoms with Gasteiger partial charge in [0.05, 0.1) is 17.1 Å². The second-order valence-corrected chi connectivity index (χ2v) is 9.67. The van der Waals surface area contributed by atoms with Crippen LogP contribution in [0.3, 0.4) is 0 Å². The van der Waals surface area contributed by atoms with Crippen molar-refractivity contribution in [2.75, 3.05) is 31.1 Å². The molecule has 4 nitrogen and oxygen atoms in total. The summed E-state index contributed by atoms with van der Waals surface area (Å²) in [5.74, 6) is 1.14. The van der Waals surface area contributed by atoms with Gasteiger partial charge in [-0.3, -0.25) is 0 Å². The lowest BCUT2D eigenvalue weighted by atomic mass is 9.84. The van der Waals surface area contributed by atoms with Crippen LogP contribution in [0.15, 0.2) is 24.3 Å². The molecule has 0 aliphatic carbocycles. The summed E-state index contributed by atoms with van der Waals surface area (Å²) in [5.41, 5.74) is 0.169. The summed E-state index contributed by atoms with van der Waals surface area (Å²) in [6.45, 7) is 2.65. The van der Waals surface area contributed by atoms with Crippen molar-refractivity contribution in [3.63, 3.8) is 0 Å². The minimum absolute atomic E-state index is 0.334. The third-order valence-corrected chi connectivity index (χ3v) is 7.22. The Hall–Kier alpha value is -0.620. The van der Waals surface area contributed by atoms with Crippen molar-refractivity contribution in [3.05, 3.63) is 34.9 Å². The molecule has 0 aromatic heterocycles. The van der Waals surface area contributed by atoms with Crippen LogP contribution in [0, 0.1) is 5.92 Å². The van der Waals surface area contributed by atoms with Crippen molar-refractivity contribution in [3.8, 4) is 0 Å². The molecule has 2 saturated heterocycles. The molecule has 2 aliphatic rings. The van der Waals surface area contributed by atoms with Gasteiger partial charge < -0.3 is 10.0 Å². The van der Waals surface area contributed by atoms with E-state index in [9.17, 15) is 13.5 Å². The summed E-state index contributed by atoms with van der Waals surface area (Å²) in [6, 6.07) is 7.46. The Morgan fingerprint density at radius 1 is 1.13 bits per heavy atom. The van der Waals surface area contributed by atoms with Gasteiger partial charge in [-0.05, 0) is 49.3 Å². The zero-order chi connectivity index (χ0) is 16.5. The van der Waals surface area contributed by atoms with Gasteiger partial charge in [0.2, 0.25) is 0 Å². The maximum Gasteiger partial charge on any atom is 0.150 e. The van der Waals surface area contributed by atoms with Gasteiger partial charge in [0.25, 0.3) is 0 Å². The predicted octanol–water partition coefficient (Wildman–Crippen LogP) is 2.45. The van der Waals surface area contributed by atoms with Gasteiger partial charge in [-0.1, -0.05) is 23.7 Å². The average Bonchev–Trinajstić information content (AvgIpc) is 2.52. The number of piperidine rings is 1. The largest absolute Gasteiger partial charge is 0.385 e. The van der Waals surface area contributed by atoms with Crippen LogP contribution in [0.5, 0.6) is 0 Å². The molecule has 23 heavy (non-hydrogen) atoms. The molecule has 6 heteroatoms. The second-order valence-electron chi connectivity index (χ2n) is 6.93. The molecule has 2 fully saturated rings. The molecular formula is C17H24ClNO3S. The van der Waals surface area contributed by atoms with Crippen molar-refractivity contribution < 1.29 is 13.5 Å². The minimum atomic E-state index is -2.78. The van der Waals surface area contributed by atoms with Crippen LogP contribution in [0.25, 0.3) is 0 Å². The van der Waals surface area contributed by atoms with Crippen LogP contribution in [0.4, 0.5) is 0 Å². The highest BCUT2D eigenvalue weighted by atomic mass is 35.5. The van der Waals surface area contributed by atoms with Crippen LogP contribution >= 0.6 is 11.6 Å². The number of aliphatic hydroxyl groups is 1. The molecule has 1 N–H and O–H groups in total. The highest BCUT2D eigenvalue weighted by molar-refractivity contribution is 7.91. The maximum absolute atomic E-state index is 11.5. The summed E-state index contributed by atoms with van der Waals surface area (Å²) in [5, 5.41) is 11.6. The summed E-state index contributed by atoms with van der Waals surface area (Å²) in [7, 11) is -2.78. The highest BCUT2D eigenvalue weighted by Crippen LogP contribution is 2.34. The molecular weight excluding hydrogens is 334 g/mol. The fourth-order valence-corrected chi connectivity index (χ4v) is 5.36. The van der Waals surface area contributed by atoms with E-state index in [-0.39, 0.29) is 0 Å². The molecule has 3 rings (SSSR count). The fraction of sp³-hybridized carbons (Fsp3) is 0.647. The van der Waals surface area contributed by atoms with Crippen LogP contribution < -0.4 is 0 Å². The number of nitrogens with zero attached hydrogens (tertiary/aromatic N) is 1. The summed E-state index contributed by atoms with van der Waals surface area (Å²) >= 11 is 5.92. The van der Waals surface area contributed by atoms with Gasteiger partial charge in [0, 0.05) is 24.7 Å². The molecule has 0 saturated carbocycles. The maximum atomic E-state index is 11.5. The smallest absolute Gasteiger partial charge is 0.150 e. The first-order chi connectivity index (χ1) is 10.9. The first-order valence-electron chi connectivity index (χ1n) is 8.28. The van der Waals surface area contributed by atoms with Crippen molar-refractivity contribution in [2.24, 2.45) is 5.92 Å². The molecule has 2 heterocycles. The van der Waals surface area contributed by atoms with Crippen LogP contribution in [-0.2, 0) is 15.4 Å². The number of hydrogen-bond acceptors (Lipinski definition) is 4. The van der Waals surface area contributed by atoms with Crippen LogP contribution in [0.1, 0.15) is 31.2 Å². The Balaban J connectivity index is 1.53. The molecule has 1 aromatic carbocycles. The molecule has 2 aliphatic heterocycles. The number of benzene rings is 1. The van der Waals surface area contributed by atoms with Gasteiger partial charge in [-0.25, -0.2) is 8.42 Å². The normalized spacial score (nSPS) is 25.3. The van der Waals surface area contributed by atoms with E-state index < -0.39 is 15.4 Å². The van der Waals surface area contributed by atoms with Gasteiger partial charge >= 0.3 is 0 Å². The van der Waals surface area contributed by atoms with Crippen LogP contribution in [-0.4, -0.2) is 49.6 Å². The van der Waals surface area contributed by atoms with Gasteiger partial charge in [0.15, 0.2) is 0 Å². The van der Waals surface area contributed by atoms with Crippen molar-refractivity contribution in [2.45, 2.75) is 31.3 Å². The molecule has 0 atom stereocenters. The summed E-state index contributed by atoms with van der Waals surface area (Å²) < 4.78 is 23.0. The molecule has 0 amide bonds. The average molecular weight is 358 g/mol. The van der Waals surface area contributed by atoms with Gasteiger partial charge in [0.1, 0.15) is 9.84 Å². The molecule has 1 aromatic rings. The lowest BCUT2D eigenvalue weighted by Gasteiger charge is -2.40. The Morgan fingerprint density at radius 2 is 1.70 bits per heavy atom. The SMILES string of the molecule is O=S1(=O)CCC(CN2CCC(O)(c3ccc(Cl)cc3)CC2)CC1. The van der Waals surface area contributed by atoms with E-state index in [0.717, 1.165) is 38.0 Å². The number of halogens is 1. The number of rotatable bonds is 3. The predicted molar refractivity (Wildman–Crippen MR) is 92.4 cm³/mol. The fourth-order valence-electron chi connectivity index (χ4n) is 3.64. The Labute approximate surface area is 143 Å². The van der Waals surface area contributed by atoms with E-state index in [1.807, 2.05) is 24.3 Å². The van der Waals surface area contributed by atoms with Gasteiger partial charge in [-0.2, -0.15) is 0 Å². The first-order valence-corrected chi connectivity index (χ1v) is 10.5. The van der Waals surface area contributed by atoms with Crippen molar-refractivity contribution in [1.82, 2.24) is 4.90 Å². The molecule has 0 bridgehead atoms. The topological polar surface area (TPSA) is 57.6 Å². The zero-order valence-corrected chi connectivity index (χ0v) is 14.8. The Morgan fingerprint density at radius 3 is 2.26 bits per heavy atom. The lowest BCUT2D eigenvalue weighted by molar-refractivity contribution is -0.0290. The summed E-state index contributed by atoms with van der Waals surface area (Å²) in [4.78, 5) is 2.37. The van der Waals surface area contributed by atoms with E-state index in [4.69, 9.17) is 11.6 Å². The number of sulfone groups is 1. The first kappa shape index (κ1) is 17.2. The van der Waals surface area contributed by atoms with Crippen LogP contribution in [0.2, 0.25) is 5.02 Å². The molecule has 128 valence electrons. The minimum Gasteiger partial charge on any atom is -0.385 e. The van der Waals surface area contributed by atoms with E-state index in [1.54, 1.807) is 0 Å². The Bertz CT molecular complexity index is 622. The number of likely N-dealkylation sites (tertiary alicyclic amines) is 1.